The van der Waals surface area contributed by atoms with Crippen molar-refractivity contribution < 1.29 is 38.3 Å². The monoisotopic (exact) mass is 658 g/mol. The van der Waals surface area contributed by atoms with Crippen molar-refractivity contribution in [2.75, 3.05) is 33.7 Å². The topological polar surface area (TPSA) is 183 Å². The second-order valence-corrected chi connectivity index (χ2v) is 13.3. The predicted molar refractivity (Wildman–Crippen MR) is 174 cm³/mol. The van der Waals surface area contributed by atoms with Crippen LogP contribution in [-0.2, 0) is 33.5 Å². The Bertz CT molecular complexity index is 1290. The maximum atomic E-state index is 13.5. The molecule has 0 bridgehead atoms. The average Bonchev–Trinajstić information content (AvgIpc) is 3.44. The van der Waals surface area contributed by atoms with Crippen molar-refractivity contribution in [3.63, 3.8) is 0 Å². The van der Waals surface area contributed by atoms with Crippen molar-refractivity contribution in [2.45, 2.75) is 84.5 Å². The summed E-state index contributed by atoms with van der Waals surface area (Å²) in [5.41, 5.74) is -0.202. The number of hydrogen-bond donors (Lipinski definition) is 4. The van der Waals surface area contributed by atoms with E-state index in [9.17, 15) is 33.6 Å². The number of nitrogens with zero attached hydrogens (tertiary/aromatic N) is 2. The highest BCUT2D eigenvalue weighted by Gasteiger charge is 2.40. The SMILES string of the molecule is CC[C@@H]1CC(C(=O)NC(CC(C)C)C(=O)C(=O)NCC(=O)NC(C(=O)N(C)C)c2ccccc2)N(C(=O)CNC(=O)OC(C)(C)C)C1. The summed E-state index contributed by atoms with van der Waals surface area (Å²) in [5.74, 6) is -4.23. The number of carbonyl (C=O) groups is 7. The lowest BCUT2D eigenvalue weighted by Gasteiger charge is -2.27. The molecule has 260 valence electrons. The van der Waals surface area contributed by atoms with Gasteiger partial charge in [0, 0.05) is 20.6 Å². The number of ketones is 1. The van der Waals surface area contributed by atoms with Gasteiger partial charge in [-0.05, 0) is 51.0 Å². The molecule has 4 atom stereocenters. The van der Waals surface area contributed by atoms with Crippen molar-refractivity contribution in [3.8, 4) is 0 Å². The van der Waals surface area contributed by atoms with Crippen LogP contribution in [0.15, 0.2) is 30.3 Å². The van der Waals surface area contributed by atoms with Crippen LogP contribution >= 0.6 is 0 Å². The Hall–Kier alpha value is -4.49. The lowest BCUT2D eigenvalue weighted by atomic mass is 9.98. The number of benzene rings is 1. The highest BCUT2D eigenvalue weighted by molar-refractivity contribution is 6.38. The normalized spacial score (nSPS) is 17.3. The summed E-state index contributed by atoms with van der Waals surface area (Å²) in [6.45, 7) is 10.0. The molecule has 2 rings (SSSR count). The predicted octanol–water partition coefficient (Wildman–Crippen LogP) is 1.30. The van der Waals surface area contributed by atoms with Gasteiger partial charge >= 0.3 is 6.09 Å². The molecule has 14 nitrogen and oxygen atoms in total. The number of Topliss-reactive ketones (excluding diaryl/α,β-unsaturated/α-hetero) is 1. The van der Waals surface area contributed by atoms with Gasteiger partial charge in [-0.15, -0.1) is 0 Å². The van der Waals surface area contributed by atoms with Crippen molar-refractivity contribution >= 4 is 41.4 Å². The first-order valence-corrected chi connectivity index (χ1v) is 15.9. The summed E-state index contributed by atoms with van der Waals surface area (Å²) in [4.78, 5) is 93.0. The molecule has 0 saturated carbocycles. The molecule has 1 aromatic carbocycles. The van der Waals surface area contributed by atoms with Gasteiger partial charge in [0.05, 0.1) is 12.6 Å². The highest BCUT2D eigenvalue weighted by Crippen LogP contribution is 2.26. The van der Waals surface area contributed by atoms with Gasteiger partial charge in [-0.3, -0.25) is 28.8 Å². The first-order chi connectivity index (χ1) is 21.9. The molecule has 1 saturated heterocycles. The lowest BCUT2D eigenvalue weighted by Crippen LogP contribution is -2.55. The maximum Gasteiger partial charge on any atom is 0.408 e. The van der Waals surface area contributed by atoms with Gasteiger partial charge in [-0.1, -0.05) is 57.5 Å². The molecule has 6 amide bonds. The number of rotatable bonds is 14. The first kappa shape index (κ1) is 38.7. The zero-order valence-corrected chi connectivity index (χ0v) is 28.7. The Kier molecular flexibility index (Phi) is 14.4. The fourth-order valence-electron chi connectivity index (χ4n) is 5.09. The minimum atomic E-state index is -1.21. The summed E-state index contributed by atoms with van der Waals surface area (Å²) in [6.07, 6.45) is 0.427. The van der Waals surface area contributed by atoms with Crippen molar-refractivity contribution in [1.82, 2.24) is 31.1 Å². The number of likely N-dealkylation sites (tertiary alicyclic amines) is 1. The van der Waals surface area contributed by atoms with Crippen molar-refractivity contribution in [1.29, 1.82) is 0 Å². The Morgan fingerprint density at radius 2 is 1.60 bits per heavy atom. The molecule has 0 aliphatic carbocycles. The van der Waals surface area contributed by atoms with Gasteiger partial charge in [0.25, 0.3) is 5.91 Å². The van der Waals surface area contributed by atoms with Gasteiger partial charge in [0.15, 0.2) is 0 Å². The van der Waals surface area contributed by atoms with Gasteiger partial charge in [0.1, 0.15) is 24.2 Å². The summed E-state index contributed by atoms with van der Waals surface area (Å²) in [5, 5.41) is 9.97. The van der Waals surface area contributed by atoms with Crippen LogP contribution in [0.3, 0.4) is 0 Å². The molecule has 0 radical (unpaired) electrons. The zero-order valence-electron chi connectivity index (χ0n) is 28.7. The Morgan fingerprint density at radius 1 is 0.957 bits per heavy atom. The fraction of sp³-hybridized carbons (Fsp3) is 0.606. The van der Waals surface area contributed by atoms with Crippen molar-refractivity contribution in [3.05, 3.63) is 35.9 Å². The molecule has 1 fully saturated rings. The molecule has 3 unspecified atom stereocenters. The standard InChI is InChI=1S/C33H50N6O8/c1-9-21-16-24(39(19-21)26(41)18-35-32(46)47-33(4,5)6)29(43)36-23(15-20(2)3)28(42)30(44)34-17-25(40)37-27(31(45)38(7)8)22-13-11-10-12-14-22/h10-14,20-21,23-24,27H,9,15-19H2,1-8H3,(H,34,44)(H,35,46)(H,36,43)(H,37,40)/t21-,23?,24?,27?/m1/s1. The van der Waals surface area contributed by atoms with E-state index in [1.165, 1.54) is 9.80 Å². The minimum Gasteiger partial charge on any atom is -0.444 e. The van der Waals surface area contributed by atoms with E-state index in [0.29, 0.717) is 24.9 Å². The summed E-state index contributed by atoms with van der Waals surface area (Å²) in [6, 6.07) is 5.48. The lowest BCUT2D eigenvalue weighted by molar-refractivity contribution is -0.142. The van der Waals surface area contributed by atoms with E-state index in [2.05, 4.69) is 21.3 Å². The second-order valence-electron chi connectivity index (χ2n) is 13.3. The molecule has 0 aromatic heterocycles. The van der Waals surface area contributed by atoms with E-state index in [-0.39, 0.29) is 30.7 Å². The number of amides is 6. The number of carbonyl (C=O) groups excluding carboxylic acids is 7. The van der Waals surface area contributed by atoms with Crippen LogP contribution in [0.2, 0.25) is 0 Å². The summed E-state index contributed by atoms with van der Waals surface area (Å²) < 4.78 is 5.18. The van der Waals surface area contributed by atoms with E-state index >= 15 is 0 Å². The quantitative estimate of drug-likeness (QED) is 0.216. The third-order valence-corrected chi connectivity index (χ3v) is 7.47. The number of hydrogen-bond acceptors (Lipinski definition) is 8. The Balaban J connectivity index is 2.08. The van der Waals surface area contributed by atoms with E-state index in [1.807, 2.05) is 20.8 Å². The molecule has 1 heterocycles. The molecule has 1 aliphatic heterocycles. The molecule has 14 heteroatoms. The number of alkyl carbamates (subject to hydrolysis) is 1. The van der Waals surface area contributed by atoms with E-state index in [4.69, 9.17) is 4.74 Å². The third kappa shape index (κ3) is 12.3. The Labute approximate surface area is 276 Å². The van der Waals surface area contributed by atoms with Crippen LogP contribution in [0.1, 0.15) is 72.4 Å². The average molecular weight is 659 g/mol. The van der Waals surface area contributed by atoms with Crippen LogP contribution < -0.4 is 21.3 Å². The van der Waals surface area contributed by atoms with E-state index < -0.39 is 65.8 Å². The van der Waals surface area contributed by atoms with Gasteiger partial charge < -0.3 is 35.8 Å². The smallest absolute Gasteiger partial charge is 0.408 e. The van der Waals surface area contributed by atoms with Crippen LogP contribution in [0.25, 0.3) is 0 Å². The first-order valence-electron chi connectivity index (χ1n) is 15.9. The minimum absolute atomic E-state index is 0.0244. The summed E-state index contributed by atoms with van der Waals surface area (Å²) in [7, 11) is 3.11. The van der Waals surface area contributed by atoms with E-state index in [1.54, 1.807) is 65.2 Å². The fourth-order valence-corrected chi connectivity index (χ4v) is 5.09. The Morgan fingerprint density at radius 3 is 2.15 bits per heavy atom. The molecular formula is C33H50N6O8. The molecule has 1 aliphatic rings. The van der Waals surface area contributed by atoms with Crippen LogP contribution in [0.4, 0.5) is 4.79 Å². The van der Waals surface area contributed by atoms with Crippen molar-refractivity contribution in [2.24, 2.45) is 11.8 Å². The zero-order chi connectivity index (χ0) is 35.5. The van der Waals surface area contributed by atoms with Gasteiger partial charge in [-0.2, -0.15) is 0 Å². The summed E-state index contributed by atoms with van der Waals surface area (Å²) >= 11 is 0. The molecular weight excluding hydrogens is 608 g/mol. The molecule has 4 N–H and O–H groups in total. The third-order valence-electron chi connectivity index (χ3n) is 7.47. The highest BCUT2D eigenvalue weighted by atomic mass is 16.6. The number of likely N-dealkylation sites (N-methyl/N-ethyl adjacent to an activating group) is 1. The van der Waals surface area contributed by atoms with Crippen LogP contribution in [-0.4, -0.2) is 103 Å². The van der Waals surface area contributed by atoms with Crippen LogP contribution in [0.5, 0.6) is 0 Å². The molecule has 1 aromatic rings. The second kappa shape index (κ2) is 17.4. The van der Waals surface area contributed by atoms with Gasteiger partial charge in [-0.25, -0.2) is 4.79 Å². The van der Waals surface area contributed by atoms with Gasteiger partial charge in [0.2, 0.25) is 29.4 Å². The maximum absolute atomic E-state index is 13.5. The number of ether oxygens (including phenoxy) is 1. The molecule has 0 spiro atoms. The van der Waals surface area contributed by atoms with E-state index in [0.717, 1.165) is 0 Å². The molecule has 47 heavy (non-hydrogen) atoms. The number of nitrogens with one attached hydrogen (secondary N) is 4. The largest absolute Gasteiger partial charge is 0.444 e. The van der Waals surface area contributed by atoms with Crippen LogP contribution in [0, 0.1) is 11.8 Å².